The summed E-state index contributed by atoms with van der Waals surface area (Å²) in [5, 5.41) is 2.53. The Bertz CT molecular complexity index is 836. The third-order valence-electron chi connectivity index (χ3n) is 3.71. The zero-order valence-corrected chi connectivity index (χ0v) is 16.9. The van der Waals surface area contributed by atoms with E-state index in [0.29, 0.717) is 0 Å². The fourth-order valence-corrected chi connectivity index (χ4v) is 2.38. The van der Waals surface area contributed by atoms with E-state index in [-0.39, 0.29) is 24.7 Å². The van der Waals surface area contributed by atoms with Crippen LogP contribution in [0.5, 0.6) is 0 Å². The van der Waals surface area contributed by atoms with Gasteiger partial charge in [-0.25, -0.2) is 9.59 Å². The van der Waals surface area contributed by atoms with Crippen LogP contribution in [0.15, 0.2) is 46.9 Å². The topological polar surface area (TPSA) is 104 Å². The molecule has 0 unspecified atom stereocenters. The summed E-state index contributed by atoms with van der Waals surface area (Å²) in [5.74, 6) is -2.15. The molecule has 1 amide bonds. The highest BCUT2D eigenvalue weighted by molar-refractivity contribution is 5.86. The Balaban J connectivity index is 2.11. The second-order valence-electron chi connectivity index (χ2n) is 7.22. The van der Waals surface area contributed by atoms with Crippen molar-refractivity contribution < 1.29 is 33.0 Å². The van der Waals surface area contributed by atoms with Gasteiger partial charge in [0.25, 0.3) is 0 Å². The highest BCUT2D eigenvalue weighted by Gasteiger charge is 2.28. The molecule has 0 aliphatic heterocycles. The third kappa shape index (κ3) is 6.99. The van der Waals surface area contributed by atoms with Crippen LogP contribution < -0.4 is 5.32 Å². The van der Waals surface area contributed by atoms with Crippen molar-refractivity contribution in [3.05, 3.63) is 59.5 Å². The first-order chi connectivity index (χ1) is 13.7. The zero-order chi connectivity index (χ0) is 21.4. The number of rotatable bonds is 7. The van der Waals surface area contributed by atoms with Gasteiger partial charge in [0, 0.05) is 6.54 Å². The summed E-state index contributed by atoms with van der Waals surface area (Å²) in [4.78, 5) is 36.3. The van der Waals surface area contributed by atoms with Crippen LogP contribution in [0.1, 0.15) is 48.6 Å². The van der Waals surface area contributed by atoms with Crippen LogP contribution in [0.2, 0.25) is 0 Å². The second-order valence-corrected chi connectivity index (χ2v) is 7.22. The molecule has 0 fully saturated rings. The molecule has 8 heteroatoms. The molecule has 0 aliphatic carbocycles. The summed E-state index contributed by atoms with van der Waals surface area (Å²) < 4.78 is 20.6. The molecule has 1 N–H and O–H groups in total. The number of esters is 2. The Kier molecular flexibility index (Phi) is 7.41. The van der Waals surface area contributed by atoms with Crippen molar-refractivity contribution in [1.29, 1.82) is 0 Å². The van der Waals surface area contributed by atoms with Gasteiger partial charge >= 0.3 is 18.0 Å². The van der Waals surface area contributed by atoms with Gasteiger partial charge in [0.1, 0.15) is 23.9 Å². The predicted octanol–water partition coefficient (Wildman–Crippen LogP) is 3.42. The van der Waals surface area contributed by atoms with Crippen molar-refractivity contribution in [2.24, 2.45) is 0 Å². The van der Waals surface area contributed by atoms with E-state index < -0.39 is 29.6 Å². The maximum atomic E-state index is 12.7. The van der Waals surface area contributed by atoms with Gasteiger partial charge in [-0.05, 0) is 38.5 Å². The maximum absolute atomic E-state index is 12.7. The number of ether oxygens (including phenoxy) is 3. The van der Waals surface area contributed by atoms with Crippen LogP contribution in [0.25, 0.3) is 0 Å². The Labute approximate surface area is 169 Å². The summed E-state index contributed by atoms with van der Waals surface area (Å²) in [5.41, 5.74) is 0.130. The largest absolute Gasteiger partial charge is 0.463 e. The maximum Gasteiger partial charge on any atom is 0.407 e. The Morgan fingerprint density at radius 3 is 2.38 bits per heavy atom. The van der Waals surface area contributed by atoms with E-state index >= 15 is 0 Å². The lowest BCUT2D eigenvalue weighted by molar-refractivity contribution is -0.147. The van der Waals surface area contributed by atoms with Crippen molar-refractivity contribution in [2.75, 3.05) is 13.7 Å². The van der Waals surface area contributed by atoms with E-state index in [4.69, 9.17) is 13.9 Å². The normalized spacial score (nSPS) is 12.0. The van der Waals surface area contributed by atoms with Crippen molar-refractivity contribution >= 4 is 18.0 Å². The number of alkyl carbamates (subject to hydrolysis) is 1. The minimum atomic E-state index is -0.968. The molecule has 156 valence electrons. The average Bonchev–Trinajstić information content (AvgIpc) is 3.15. The summed E-state index contributed by atoms with van der Waals surface area (Å²) in [6, 6.07) is 12.0. The van der Waals surface area contributed by atoms with Crippen LogP contribution in [0.3, 0.4) is 0 Å². The van der Waals surface area contributed by atoms with Crippen molar-refractivity contribution in [3.63, 3.8) is 0 Å². The van der Waals surface area contributed by atoms with E-state index in [1.807, 2.05) is 30.3 Å². The summed E-state index contributed by atoms with van der Waals surface area (Å²) in [7, 11) is 1.22. The van der Waals surface area contributed by atoms with E-state index in [2.05, 4.69) is 10.1 Å². The number of amides is 1. The first kappa shape index (κ1) is 22.0. The average molecular weight is 403 g/mol. The predicted molar refractivity (Wildman–Crippen MR) is 103 cm³/mol. The molecular weight excluding hydrogens is 378 g/mol. The van der Waals surface area contributed by atoms with E-state index in [0.717, 1.165) is 5.56 Å². The van der Waals surface area contributed by atoms with Gasteiger partial charge in [0.2, 0.25) is 5.76 Å². The second kappa shape index (κ2) is 9.77. The van der Waals surface area contributed by atoms with Crippen molar-refractivity contribution in [3.8, 4) is 0 Å². The zero-order valence-electron chi connectivity index (χ0n) is 16.9. The van der Waals surface area contributed by atoms with E-state index in [1.54, 1.807) is 20.8 Å². The number of methoxy groups -OCH3 is 1. The molecule has 1 atom stereocenters. The van der Waals surface area contributed by atoms with Gasteiger partial charge in [-0.15, -0.1) is 0 Å². The SMILES string of the molecule is COC(=O)c1ccc([C@@H](CNC(=O)OC(C)(C)C)C(=O)OCc2ccccc2)o1. The lowest BCUT2D eigenvalue weighted by atomic mass is 10.1. The number of nitrogens with one attached hydrogen (secondary N) is 1. The lowest BCUT2D eigenvalue weighted by Gasteiger charge is -2.21. The van der Waals surface area contributed by atoms with Gasteiger partial charge in [0.05, 0.1) is 7.11 Å². The van der Waals surface area contributed by atoms with E-state index in [1.165, 1.54) is 19.2 Å². The fourth-order valence-electron chi connectivity index (χ4n) is 2.38. The minimum absolute atomic E-state index is 0.0550. The fraction of sp³-hybridized carbons (Fsp3) is 0.381. The third-order valence-corrected chi connectivity index (χ3v) is 3.71. The molecule has 2 aromatic rings. The van der Waals surface area contributed by atoms with Gasteiger partial charge in [0.15, 0.2) is 0 Å². The number of benzene rings is 1. The first-order valence-corrected chi connectivity index (χ1v) is 9.05. The lowest BCUT2D eigenvalue weighted by Crippen LogP contribution is -2.36. The number of carbonyl (C=O) groups excluding carboxylic acids is 3. The van der Waals surface area contributed by atoms with Crippen LogP contribution in [0, 0.1) is 0 Å². The Morgan fingerprint density at radius 1 is 1.07 bits per heavy atom. The highest BCUT2D eigenvalue weighted by atomic mass is 16.6. The molecule has 0 radical (unpaired) electrons. The molecule has 0 bridgehead atoms. The Hall–Kier alpha value is -3.29. The van der Waals surface area contributed by atoms with Crippen LogP contribution in [-0.4, -0.2) is 37.3 Å². The summed E-state index contributed by atoms with van der Waals surface area (Å²) >= 11 is 0. The molecule has 2 rings (SSSR count). The molecule has 29 heavy (non-hydrogen) atoms. The molecular formula is C21H25NO7. The first-order valence-electron chi connectivity index (χ1n) is 9.05. The Morgan fingerprint density at radius 2 is 1.76 bits per heavy atom. The summed E-state index contributed by atoms with van der Waals surface area (Å²) in [6.45, 7) is 5.12. The van der Waals surface area contributed by atoms with Crippen LogP contribution in [0.4, 0.5) is 4.79 Å². The molecule has 1 aromatic heterocycles. The monoisotopic (exact) mass is 403 g/mol. The van der Waals surface area contributed by atoms with Crippen molar-refractivity contribution in [1.82, 2.24) is 5.32 Å². The molecule has 0 saturated carbocycles. The number of hydrogen-bond acceptors (Lipinski definition) is 7. The molecule has 0 saturated heterocycles. The van der Waals surface area contributed by atoms with Gasteiger partial charge in [-0.2, -0.15) is 0 Å². The quantitative estimate of drug-likeness (QED) is 0.558. The van der Waals surface area contributed by atoms with Crippen LogP contribution >= 0.6 is 0 Å². The minimum Gasteiger partial charge on any atom is -0.463 e. The molecule has 0 aliphatic rings. The molecule has 0 spiro atoms. The highest BCUT2D eigenvalue weighted by Crippen LogP contribution is 2.21. The van der Waals surface area contributed by atoms with Gasteiger partial charge in [-0.1, -0.05) is 30.3 Å². The van der Waals surface area contributed by atoms with Crippen molar-refractivity contribution in [2.45, 2.75) is 38.9 Å². The standard InChI is InChI=1S/C21H25NO7/c1-21(2,3)29-20(25)22-12-15(16-10-11-17(28-16)19(24)26-4)18(23)27-13-14-8-6-5-7-9-14/h5-11,15H,12-13H2,1-4H3,(H,22,25)/t15-/m1/s1. The van der Waals surface area contributed by atoms with Gasteiger partial charge in [-0.3, -0.25) is 4.79 Å². The molecule has 8 nitrogen and oxygen atoms in total. The number of carbonyl (C=O) groups is 3. The number of hydrogen-bond donors (Lipinski definition) is 1. The summed E-state index contributed by atoms with van der Waals surface area (Å²) in [6.07, 6.45) is -0.682. The number of furan rings is 1. The smallest absolute Gasteiger partial charge is 0.407 e. The van der Waals surface area contributed by atoms with E-state index in [9.17, 15) is 14.4 Å². The van der Waals surface area contributed by atoms with Crippen LogP contribution in [-0.2, 0) is 25.6 Å². The molecule has 1 heterocycles. The van der Waals surface area contributed by atoms with Gasteiger partial charge < -0.3 is 23.9 Å². The molecule has 1 aromatic carbocycles.